The summed E-state index contributed by atoms with van der Waals surface area (Å²) in [6.07, 6.45) is 2.20. The van der Waals surface area contributed by atoms with E-state index < -0.39 is 0 Å². The maximum atomic E-state index is 2.31. The zero-order valence-electron chi connectivity index (χ0n) is 9.29. The molecule has 1 aromatic carbocycles. The number of benzene rings is 1. The van der Waals surface area contributed by atoms with Crippen LogP contribution in [0.4, 0.5) is 0 Å². The lowest BCUT2D eigenvalue weighted by Gasteiger charge is -2.01. The maximum absolute atomic E-state index is 2.31. The van der Waals surface area contributed by atoms with Gasteiger partial charge in [-0.25, -0.2) is 0 Å². The van der Waals surface area contributed by atoms with Gasteiger partial charge in [-0.1, -0.05) is 31.2 Å². The first-order valence-corrected chi connectivity index (χ1v) is 6.22. The Morgan fingerprint density at radius 3 is 2.53 bits per heavy atom. The second-order valence-electron chi connectivity index (χ2n) is 3.86. The van der Waals surface area contributed by atoms with Crippen LogP contribution >= 0.6 is 11.3 Å². The summed E-state index contributed by atoms with van der Waals surface area (Å²) in [5.74, 6) is 0. The summed E-state index contributed by atoms with van der Waals surface area (Å²) in [5.41, 5.74) is 2.86. The molecule has 0 fully saturated rings. The number of hydrogen-bond donors (Lipinski definition) is 0. The number of rotatable bonds is 3. The molecule has 0 amide bonds. The molecule has 0 aliphatic rings. The van der Waals surface area contributed by atoms with E-state index in [9.17, 15) is 0 Å². The summed E-state index contributed by atoms with van der Waals surface area (Å²) in [6, 6.07) is 13.3. The molecule has 0 N–H and O–H groups in total. The molecule has 0 saturated heterocycles. The monoisotopic (exact) mass is 216 g/mol. The van der Waals surface area contributed by atoms with Gasteiger partial charge in [0.15, 0.2) is 0 Å². The van der Waals surface area contributed by atoms with Crippen LogP contribution in [-0.4, -0.2) is 0 Å². The van der Waals surface area contributed by atoms with Gasteiger partial charge in [-0.3, -0.25) is 0 Å². The highest BCUT2D eigenvalue weighted by atomic mass is 32.1. The van der Waals surface area contributed by atoms with Crippen LogP contribution in [0.3, 0.4) is 0 Å². The molecule has 0 radical (unpaired) electrons. The van der Waals surface area contributed by atoms with E-state index in [2.05, 4.69) is 50.2 Å². The average molecular weight is 216 g/mol. The average Bonchev–Trinajstić information content (AvgIpc) is 2.64. The molecule has 15 heavy (non-hydrogen) atoms. The zero-order valence-corrected chi connectivity index (χ0v) is 10.1. The van der Waals surface area contributed by atoms with E-state index in [4.69, 9.17) is 0 Å². The van der Waals surface area contributed by atoms with Gasteiger partial charge in [-0.2, -0.15) is 0 Å². The van der Waals surface area contributed by atoms with Gasteiger partial charge in [-0.15, -0.1) is 11.3 Å². The van der Waals surface area contributed by atoms with Gasteiger partial charge in [0, 0.05) is 16.2 Å². The van der Waals surface area contributed by atoms with E-state index in [0.29, 0.717) is 0 Å². The largest absolute Gasteiger partial charge is 0.145 e. The zero-order chi connectivity index (χ0) is 10.7. The minimum Gasteiger partial charge on any atom is -0.145 e. The van der Waals surface area contributed by atoms with Crippen molar-refractivity contribution in [1.82, 2.24) is 0 Å². The minimum atomic E-state index is 1.08. The van der Waals surface area contributed by atoms with Crippen LogP contribution in [0, 0.1) is 6.92 Å². The molecule has 78 valence electrons. The van der Waals surface area contributed by atoms with Crippen molar-refractivity contribution in [3.8, 4) is 0 Å². The molecule has 0 saturated carbocycles. The fourth-order valence-corrected chi connectivity index (χ4v) is 2.67. The Morgan fingerprint density at radius 1 is 1.07 bits per heavy atom. The van der Waals surface area contributed by atoms with Crippen LogP contribution in [0.5, 0.6) is 0 Å². The van der Waals surface area contributed by atoms with Gasteiger partial charge in [0.25, 0.3) is 0 Å². The Morgan fingerprint density at radius 2 is 1.87 bits per heavy atom. The third-order valence-electron chi connectivity index (χ3n) is 2.57. The van der Waals surface area contributed by atoms with Crippen molar-refractivity contribution in [1.29, 1.82) is 0 Å². The second kappa shape index (κ2) is 4.63. The molecule has 1 aromatic heterocycles. The highest BCUT2D eigenvalue weighted by Crippen LogP contribution is 2.19. The highest BCUT2D eigenvalue weighted by Gasteiger charge is 1.99. The smallest absolute Gasteiger partial charge is 0.00918 e. The third-order valence-corrected chi connectivity index (χ3v) is 3.57. The van der Waals surface area contributed by atoms with Gasteiger partial charge in [0.2, 0.25) is 0 Å². The minimum absolute atomic E-state index is 1.08. The van der Waals surface area contributed by atoms with Crippen molar-refractivity contribution in [2.24, 2.45) is 0 Å². The van der Waals surface area contributed by atoms with Gasteiger partial charge in [0.05, 0.1) is 0 Å². The molecule has 1 heterocycles. The van der Waals surface area contributed by atoms with Crippen LogP contribution < -0.4 is 0 Å². The van der Waals surface area contributed by atoms with Gasteiger partial charge >= 0.3 is 0 Å². The van der Waals surface area contributed by atoms with Crippen molar-refractivity contribution >= 4 is 11.3 Å². The lowest BCUT2D eigenvalue weighted by atomic mass is 10.1. The first-order valence-electron chi connectivity index (χ1n) is 5.41. The topological polar surface area (TPSA) is 0 Å². The Hall–Kier alpha value is -1.08. The van der Waals surface area contributed by atoms with Crippen LogP contribution in [0.25, 0.3) is 0 Å². The fraction of sp³-hybridized carbons (Fsp3) is 0.286. The van der Waals surface area contributed by atoms with E-state index in [1.807, 2.05) is 11.3 Å². The van der Waals surface area contributed by atoms with E-state index in [0.717, 1.165) is 12.8 Å². The number of hydrogen-bond acceptors (Lipinski definition) is 1. The van der Waals surface area contributed by atoms with Crippen LogP contribution in [-0.2, 0) is 12.8 Å². The van der Waals surface area contributed by atoms with Crippen molar-refractivity contribution < 1.29 is 0 Å². The first kappa shape index (κ1) is 10.4. The van der Waals surface area contributed by atoms with Crippen molar-refractivity contribution in [2.75, 3.05) is 0 Å². The second-order valence-corrected chi connectivity index (χ2v) is 5.24. The summed E-state index contributed by atoms with van der Waals surface area (Å²) in [7, 11) is 0. The highest BCUT2D eigenvalue weighted by molar-refractivity contribution is 7.11. The summed E-state index contributed by atoms with van der Waals surface area (Å²) < 4.78 is 0. The van der Waals surface area contributed by atoms with E-state index >= 15 is 0 Å². The number of aryl methyl sites for hydroxylation is 2. The predicted molar refractivity (Wildman–Crippen MR) is 67.7 cm³/mol. The molecule has 0 aliphatic carbocycles. The van der Waals surface area contributed by atoms with E-state index in [-0.39, 0.29) is 0 Å². The van der Waals surface area contributed by atoms with Crippen LogP contribution in [0.2, 0.25) is 0 Å². The fourth-order valence-electron chi connectivity index (χ4n) is 1.74. The van der Waals surface area contributed by atoms with Crippen LogP contribution in [0.15, 0.2) is 36.4 Å². The third kappa shape index (κ3) is 2.69. The van der Waals surface area contributed by atoms with Crippen LogP contribution in [0.1, 0.15) is 27.8 Å². The summed E-state index contributed by atoms with van der Waals surface area (Å²) in [6.45, 7) is 4.37. The van der Waals surface area contributed by atoms with Crippen molar-refractivity contribution in [3.63, 3.8) is 0 Å². The Bertz CT molecular complexity index is 440. The van der Waals surface area contributed by atoms with E-state index in [1.54, 1.807) is 0 Å². The molecule has 2 rings (SSSR count). The standard InChI is InChI=1S/C14H16S/c1-3-12-5-4-6-13(9-12)10-14-8-7-11(2)15-14/h4-9H,3,10H2,1-2H3. The normalized spacial score (nSPS) is 10.5. The Labute approximate surface area is 95.6 Å². The molecule has 0 atom stereocenters. The van der Waals surface area contributed by atoms with Gasteiger partial charge in [-0.05, 0) is 36.6 Å². The molecule has 0 aliphatic heterocycles. The molecular weight excluding hydrogens is 200 g/mol. The Kier molecular flexibility index (Phi) is 3.22. The molecule has 0 nitrogen and oxygen atoms in total. The van der Waals surface area contributed by atoms with E-state index in [1.165, 1.54) is 20.9 Å². The molecule has 2 aromatic rings. The first-order chi connectivity index (χ1) is 7.28. The summed E-state index contributed by atoms with van der Waals surface area (Å²) in [4.78, 5) is 2.86. The molecule has 0 bridgehead atoms. The Balaban J connectivity index is 2.16. The summed E-state index contributed by atoms with van der Waals surface area (Å²) >= 11 is 1.90. The van der Waals surface area contributed by atoms with Crippen molar-refractivity contribution in [2.45, 2.75) is 26.7 Å². The quantitative estimate of drug-likeness (QED) is 0.721. The lowest BCUT2D eigenvalue weighted by Crippen LogP contribution is -1.87. The molecule has 0 unspecified atom stereocenters. The lowest BCUT2D eigenvalue weighted by molar-refractivity contribution is 1.11. The molecular formula is C14H16S. The predicted octanol–water partition coefficient (Wildman–Crippen LogP) is 4.21. The SMILES string of the molecule is CCc1cccc(Cc2ccc(C)s2)c1. The van der Waals surface area contributed by atoms with Gasteiger partial charge < -0.3 is 0 Å². The molecule has 1 heteroatoms. The summed E-state index contributed by atoms with van der Waals surface area (Å²) in [5, 5.41) is 0. The number of thiophene rings is 1. The van der Waals surface area contributed by atoms with Crippen molar-refractivity contribution in [3.05, 3.63) is 57.3 Å². The maximum Gasteiger partial charge on any atom is 0.00918 e. The molecule has 0 spiro atoms. The van der Waals surface area contributed by atoms with Gasteiger partial charge in [0.1, 0.15) is 0 Å².